The molecule has 246 valence electrons. The van der Waals surface area contributed by atoms with E-state index in [2.05, 4.69) is 16.0 Å². The van der Waals surface area contributed by atoms with Crippen molar-refractivity contribution >= 4 is 35.3 Å². The van der Waals surface area contributed by atoms with Crippen LogP contribution in [0.2, 0.25) is 0 Å². The molecule has 2 aromatic carbocycles. The van der Waals surface area contributed by atoms with Gasteiger partial charge in [-0.1, -0.05) is 72.3 Å². The van der Waals surface area contributed by atoms with Crippen molar-refractivity contribution in [2.24, 2.45) is 21.5 Å². The van der Waals surface area contributed by atoms with E-state index in [1.807, 2.05) is 60.7 Å². The summed E-state index contributed by atoms with van der Waals surface area (Å²) in [4.78, 5) is 48.6. The number of nitrogens with two attached hydrogens (primary N) is 2. The standard InChI is InChI=1S/C34H44N6O6/c1-6-44-30(41)26(39-27(24-13-9-7-10-14-24)25-15-11-8-12-16-25)19-23-17-18-40(20-23)22-34(4,5)46-32(43)29(37)38-21-33(2,3)45-31(42)28(35)36/h7-17,26H,6,18-22H2,1-5H3,(H3,35,36)(H2,37,38). The van der Waals surface area contributed by atoms with Crippen molar-refractivity contribution in [2.45, 2.75) is 58.3 Å². The van der Waals surface area contributed by atoms with Crippen LogP contribution in [0.5, 0.6) is 0 Å². The molecule has 0 aliphatic carbocycles. The van der Waals surface area contributed by atoms with Crippen LogP contribution in [0, 0.1) is 5.41 Å². The van der Waals surface area contributed by atoms with Crippen LogP contribution >= 0.6 is 0 Å². The summed E-state index contributed by atoms with van der Waals surface area (Å²) in [5.74, 6) is -3.30. The maximum absolute atomic E-state index is 13.1. The second kappa shape index (κ2) is 15.9. The van der Waals surface area contributed by atoms with Crippen LogP contribution in [0.1, 0.15) is 52.2 Å². The number of carbonyl (C=O) groups is 3. The number of aliphatic imine (C=N–C) groups is 2. The number of carbonyl (C=O) groups excluding carboxylic acids is 3. The highest BCUT2D eigenvalue weighted by atomic mass is 16.6. The van der Waals surface area contributed by atoms with Gasteiger partial charge in [0.15, 0.2) is 6.04 Å². The Labute approximate surface area is 270 Å². The molecule has 1 aliphatic rings. The van der Waals surface area contributed by atoms with Crippen LogP contribution < -0.4 is 11.5 Å². The number of amidine groups is 2. The summed E-state index contributed by atoms with van der Waals surface area (Å²) in [5, 5.41) is 7.16. The highest BCUT2D eigenvalue weighted by molar-refractivity contribution is 6.35. The molecule has 1 aliphatic heterocycles. The van der Waals surface area contributed by atoms with E-state index < -0.39 is 41.0 Å². The van der Waals surface area contributed by atoms with Crippen molar-refractivity contribution < 1.29 is 28.6 Å². The van der Waals surface area contributed by atoms with Crippen molar-refractivity contribution in [3.8, 4) is 0 Å². The van der Waals surface area contributed by atoms with E-state index in [-0.39, 0.29) is 19.0 Å². The van der Waals surface area contributed by atoms with Crippen molar-refractivity contribution in [2.75, 3.05) is 32.8 Å². The molecule has 0 spiro atoms. The zero-order valence-corrected chi connectivity index (χ0v) is 27.1. The second-order valence-corrected chi connectivity index (χ2v) is 12.1. The fraction of sp³-hybridized carbons (Fsp3) is 0.412. The van der Waals surface area contributed by atoms with Crippen molar-refractivity contribution in [3.63, 3.8) is 0 Å². The van der Waals surface area contributed by atoms with Crippen LogP contribution in [-0.4, -0.2) is 90.2 Å². The number of nitrogens with zero attached hydrogens (tertiary/aromatic N) is 3. The molecule has 5 N–H and O–H groups in total. The molecular formula is C34H44N6O6. The average Bonchev–Trinajstić information content (AvgIpc) is 3.44. The zero-order chi connectivity index (χ0) is 33.9. The lowest BCUT2D eigenvalue weighted by Gasteiger charge is -2.30. The van der Waals surface area contributed by atoms with Gasteiger partial charge in [-0.15, -0.1) is 0 Å². The zero-order valence-electron chi connectivity index (χ0n) is 27.1. The number of benzene rings is 2. The minimum Gasteiger partial charge on any atom is -0.464 e. The monoisotopic (exact) mass is 632 g/mol. The number of esters is 3. The first-order chi connectivity index (χ1) is 21.7. The predicted octanol–water partition coefficient (Wildman–Crippen LogP) is 3.02. The summed E-state index contributed by atoms with van der Waals surface area (Å²) in [6.45, 7) is 10.1. The summed E-state index contributed by atoms with van der Waals surface area (Å²) in [6, 6.07) is 18.7. The number of nitrogens with one attached hydrogen (secondary N) is 1. The lowest BCUT2D eigenvalue weighted by molar-refractivity contribution is -0.149. The molecule has 1 unspecified atom stereocenters. The molecule has 46 heavy (non-hydrogen) atoms. The van der Waals surface area contributed by atoms with Gasteiger partial charge >= 0.3 is 17.9 Å². The van der Waals surface area contributed by atoms with Crippen molar-refractivity contribution in [3.05, 3.63) is 83.4 Å². The quantitative estimate of drug-likeness (QED) is 0.0982. The number of hydrogen-bond donors (Lipinski definition) is 3. The molecule has 12 nitrogen and oxygen atoms in total. The van der Waals surface area contributed by atoms with Crippen molar-refractivity contribution in [1.82, 2.24) is 4.90 Å². The highest BCUT2D eigenvalue weighted by Gasteiger charge is 2.31. The third-order valence-electron chi connectivity index (χ3n) is 6.86. The second-order valence-electron chi connectivity index (χ2n) is 12.1. The minimum atomic E-state index is -1.14. The first kappa shape index (κ1) is 35.6. The topological polar surface area (TPSA) is 183 Å². The fourth-order valence-electron chi connectivity index (χ4n) is 4.83. The van der Waals surface area contributed by atoms with Gasteiger partial charge in [-0.05, 0) is 34.6 Å². The molecular weight excluding hydrogens is 588 g/mol. The third kappa shape index (κ3) is 11.0. The number of hydrogen-bond acceptors (Lipinski definition) is 10. The SMILES string of the molecule is CCOC(=O)C(CC1=CCN(CC(C)(C)OC(=O)C(N)=NCC(C)(C)OC(=O)C(=N)N)C1)N=C(c1ccccc1)c1ccccc1. The Hall–Kier alpha value is -4.84. The molecule has 0 saturated heterocycles. The molecule has 1 heterocycles. The van der Waals surface area contributed by atoms with Gasteiger partial charge in [0, 0.05) is 37.2 Å². The Morgan fingerprint density at radius 2 is 1.48 bits per heavy atom. The van der Waals surface area contributed by atoms with Crippen LogP contribution in [0.15, 0.2) is 82.3 Å². The van der Waals surface area contributed by atoms with E-state index in [1.165, 1.54) is 0 Å². The third-order valence-corrected chi connectivity index (χ3v) is 6.86. The lowest BCUT2D eigenvalue weighted by Crippen LogP contribution is -2.44. The Balaban J connectivity index is 1.66. The minimum absolute atomic E-state index is 0.132. The Morgan fingerprint density at radius 3 is 2.02 bits per heavy atom. The number of ether oxygens (including phenoxy) is 3. The van der Waals surface area contributed by atoms with E-state index >= 15 is 0 Å². The first-order valence-corrected chi connectivity index (χ1v) is 15.1. The van der Waals surface area contributed by atoms with Crippen LogP contribution in [-0.2, 0) is 28.6 Å². The molecule has 0 bridgehead atoms. The molecule has 0 radical (unpaired) electrons. The average molecular weight is 633 g/mol. The molecule has 0 saturated carbocycles. The molecule has 1 atom stereocenters. The van der Waals surface area contributed by atoms with E-state index in [0.717, 1.165) is 16.7 Å². The molecule has 12 heteroatoms. The smallest absolute Gasteiger partial charge is 0.373 e. The molecule has 0 aromatic heterocycles. The summed E-state index contributed by atoms with van der Waals surface area (Å²) in [5.41, 5.74) is 12.5. The van der Waals surface area contributed by atoms with Gasteiger partial charge in [0.1, 0.15) is 11.2 Å². The van der Waals surface area contributed by atoms with E-state index in [4.69, 9.17) is 36.1 Å². The van der Waals surface area contributed by atoms with Gasteiger partial charge in [-0.2, -0.15) is 0 Å². The van der Waals surface area contributed by atoms with Gasteiger partial charge in [-0.25, -0.2) is 14.4 Å². The molecule has 0 fully saturated rings. The van der Waals surface area contributed by atoms with Gasteiger partial charge < -0.3 is 25.7 Å². The van der Waals surface area contributed by atoms with Crippen molar-refractivity contribution in [1.29, 1.82) is 5.41 Å². The van der Waals surface area contributed by atoms with E-state index in [0.29, 0.717) is 31.8 Å². The van der Waals surface area contributed by atoms with Gasteiger partial charge in [0.25, 0.3) is 0 Å². The maximum atomic E-state index is 13.1. The van der Waals surface area contributed by atoms with Crippen LogP contribution in [0.3, 0.4) is 0 Å². The number of rotatable bonds is 13. The summed E-state index contributed by atoms with van der Waals surface area (Å²) in [7, 11) is 0. The fourth-order valence-corrected chi connectivity index (χ4v) is 4.83. The summed E-state index contributed by atoms with van der Waals surface area (Å²) in [6.07, 6.45) is 2.44. The summed E-state index contributed by atoms with van der Waals surface area (Å²) >= 11 is 0. The predicted molar refractivity (Wildman–Crippen MR) is 177 cm³/mol. The largest absolute Gasteiger partial charge is 0.464 e. The Morgan fingerprint density at radius 1 is 0.913 bits per heavy atom. The summed E-state index contributed by atoms with van der Waals surface area (Å²) < 4.78 is 16.2. The van der Waals surface area contributed by atoms with E-state index in [1.54, 1.807) is 34.6 Å². The Bertz CT molecular complexity index is 1440. The van der Waals surface area contributed by atoms with Gasteiger partial charge in [-0.3, -0.25) is 20.3 Å². The highest BCUT2D eigenvalue weighted by Crippen LogP contribution is 2.23. The molecule has 2 aromatic rings. The normalized spacial score (nSPS) is 14.5. The van der Waals surface area contributed by atoms with Gasteiger partial charge in [0.05, 0.1) is 18.9 Å². The Kier molecular flexibility index (Phi) is 12.3. The maximum Gasteiger partial charge on any atom is 0.373 e. The first-order valence-electron chi connectivity index (χ1n) is 15.1. The lowest BCUT2D eigenvalue weighted by atomic mass is 10.0. The van der Waals surface area contributed by atoms with E-state index in [9.17, 15) is 14.4 Å². The van der Waals surface area contributed by atoms with Crippen LogP contribution in [0.25, 0.3) is 0 Å². The van der Waals surface area contributed by atoms with Gasteiger partial charge in [0.2, 0.25) is 11.7 Å². The molecule has 3 rings (SSSR count). The molecule has 0 amide bonds. The van der Waals surface area contributed by atoms with Crippen LogP contribution in [0.4, 0.5) is 0 Å².